The number of nitrogens with zero attached hydrogens (tertiary/aromatic N) is 1. The molecule has 0 spiro atoms. The number of nitrogens with one attached hydrogen (secondary N) is 1. The van der Waals surface area contributed by atoms with Crippen LogP contribution in [0.25, 0.3) is 0 Å². The maximum atomic E-state index is 12.6. The third-order valence-electron chi connectivity index (χ3n) is 3.40. The first-order valence-electron chi connectivity index (χ1n) is 6.41. The van der Waals surface area contributed by atoms with Crippen LogP contribution in [0.3, 0.4) is 0 Å². The van der Waals surface area contributed by atoms with Gasteiger partial charge in [-0.1, -0.05) is 6.07 Å². The Balaban J connectivity index is 0.00000200. The Kier molecular flexibility index (Phi) is 6.10. The zero-order valence-electron chi connectivity index (χ0n) is 12.0. The van der Waals surface area contributed by atoms with Crippen molar-refractivity contribution < 1.29 is 14.3 Å². The lowest BCUT2D eigenvalue weighted by Crippen LogP contribution is -2.52. The fourth-order valence-corrected chi connectivity index (χ4v) is 2.35. The van der Waals surface area contributed by atoms with Crippen LogP contribution in [0.15, 0.2) is 18.2 Å². The molecule has 20 heavy (non-hydrogen) atoms. The van der Waals surface area contributed by atoms with Crippen molar-refractivity contribution >= 4 is 18.3 Å². The van der Waals surface area contributed by atoms with Gasteiger partial charge in [-0.3, -0.25) is 4.79 Å². The standard InChI is InChI=1S/C14H20N2O3.ClH/c1-10-9-15-7-8-16(10)14(17)11-5-4-6-12(18-2)13(11)19-3;/h4-6,10,15H,7-9H2,1-3H3;1H/t10-;/m0./s1. The van der Waals surface area contributed by atoms with Crippen molar-refractivity contribution in [3.63, 3.8) is 0 Å². The minimum absolute atomic E-state index is 0. The van der Waals surface area contributed by atoms with Gasteiger partial charge < -0.3 is 19.7 Å². The van der Waals surface area contributed by atoms with Crippen molar-refractivity contribution in [3.05, 3.63) is 23.8 Å². The first kappa shape index (κ1) is 16.6. The number of piperazine rings is 1. The highest BCUT2D eigenvalue weighted by atomic mass is 35.5. The largest absolute Gasteiger partial charge is 0.493 e. The Hall–Kier alpha value is -1.46. The Labute approximate surface area is 125 Å². The van der Waals surface area contributed by atoms with E-state index in [4.69, 9.17) is 9.47 Å². The number of rotatable bonds is 3. The predicted octanol–water partition coefficient (Wildman–Crippen LogP) is 1.56. The molecule has 1 aromatic rings. The Morgan fingerprint density at radius 3 is 2.70 bits per heavy atom. The van der Waals surface area contributed by atoms with E-state index in [9.17, 15) is 4.79 Å². The fraction of sp³-hybridized carbons (Fsp3) is 0.500. The second kappa shape index (κ2) is 7.36. The summed E-state index contributed by atoms with van der Waals surface area (Å²) in [5.74, 6) is 1.07. The van der Waals surface area contributed by atoms with E-state index in [1.54, 1.807) is 32.4 Å². The number of amides is 1. The third kappa shape index (κ3) is 3.16. The lowest BCUT2D eigenvalue weighted by molar-refractivity contribution is 0.0651. The number of para-hydroxylation sites is 1. The molecule has 0 radical (unpaired) electrons. The average molecular weight is 301 g/mol. The van der Waals surface area contributed by atoms with Crippen LogP contribution in [-0.4, -0.2) is 50.7 Å². The Morgan fingerprint density at radius 2 is 2.10 bits per heavy atom. The van der Waals surface area contributed by atoms with Gasteiger partial charge in [0, 0.05) is 25.7 Å². The maximum Gasteiger partial charge on any atom is 0.258 e. The van der Waals surface area contributed by atoms with E-state index >= 15 is 0 Å². The number of hydrogen-bond donors (Lipinski definition) is 1. The summed E-state index contributed by atoms with van der Waals surface area (Å²) in [6.45, 7) is 4.39. The number of benzene rings is 1. The van der Waals surface area contributed by atoms with Crippen LogP contribution in [0.4, 0.5) is 0 Å². The van der Waals surface area contributed by atoms with E-state index in [0.717, 1.165) is 13.1 Å². The molecule has 0 aromatic heterocycles. The summed E-state index contributed by atoms with van der Waals surface area (Å²) in [5.41, 5.74) is 0.551. The minimum atomic E-state index is -0.00949. The number of hydrogen-bond acceptors (Lipinski definition) is 4. The van der Waals surface area contributed by atoms with Gasteiger partial charge >= 0.3 is 0 Å². The fourth-order valence-electron chi connectivity index (χ4n) is 2.35. The van der Waals surface area contributed by atoms with Crippen LogP contribution < -0.4 is 14.8 Å². The van der Waals surface area contributed by atoms with E-state index in [1.807, 2.05) is 11.8 Å². The van der Waals surface area contributed by atoms with Gasteiger partial charge in [0.1, 0.15) is 0 Å². The van der Waals surface area contributed by atoms with Crippen LogP contribution in [0.5, 0.6) is 11.5 Å². The Bertz CT molecular complexity index is 468. The molecule has 0 aliphatic carbocycles. The molecular formula is C14H21ClN2O3. The van der Waals surface area contributed by atoms with Gasteiger partial charge in [0.05, 0.1) is 19.8 Å². The number of ether oxygens (including phenoxy) is 2. The molecule has 1 N–H and O–H groups in total. The average Bonchev–Trinajstić information content (AvgIpc) is 2.46. The molecule has 1 saturated heterocycles. The van der Waals surface area contributed by atoms with Crippen molar-refractivity contribution in [2.45, 2.75) is 13.0 Å². The van der Waals surface area contributed by atoms with Crippen LogP contribution in [0.2, 0.25) is 0 Å². The summed E-state index contributed by atoms with van der Waals surface area (Å²) in [6.07, 6.45) is 0. The van der Waals surface area contributed by atoms with Crippen molar-refractivity contribution in [3.8, 4) is 11.5 Å². The van der Waals surface area contributed by atoms with E-state index in [-0.39, 0.29) is 24.4 Å². The second-order valence-electron chi connectivity index (χ2n) is 4.59. The van der Waals surface area contributed by atoms with Crippen LogP contribution in [0, 0.1) is 0 Å². The van der Waals surface area contributed by atoms with Crippen molar-refractivity contribution in [2.24, 2.45) is 0 Å². The zero-order valence-corrected chi connectivity index (χ0v) is 12.8. The third-order valence-corrected chi connectivity index (χ3v) is 3.40. The van der Waals surface area contributed by atoms with Gasteiger partial charge in [-0.25, -0.2) is 0 Å². The molecule has 0 bridgehead atoms. The van der Waals surface area contributed by atoms with E-state index in [2.05, 4.69) is 5.32 Å². The number of halogens is 1. The van der Waals surface area contributed by atoms with Crippen LogP contribution in [0.1, 0.15) is 17.3 Å². The highest BCUT2D eigenvalue weighted by molar-refractivity contribution is 5.98. The van der Waals surface area contributed by atoms with Gasteiger partial charge in [0.2, 0.25) is 0 Å². The molecule has 1 atom stereocenters. The molecule has 0 saturated carbocycles. The number of carbonyl (C=O) groups is 1. The van der Waals surface area contributed by atoms with Gasteiger partial charge in [-0.05, 0) is 19.1 Å². The van der Waals surface area contributed by atoms with E-state index in [1.165, 1.54) is 0 Å². The van der Waals surface area contributed by atoms with E-state index < -0.39 is 0 Å². The molecule has 1 amide bonds. The molecule has 112 valence electrons. The SMILES string of the molecule is COc1cccc(C(=O)N2CCNC[C@@H]2C)c1OC.Cl. The highest BCUT2D eigenvalue weighted by Gasteiger charge is 2.27. The first-order valence-corrected chi connectivity index (χ1v) is 6.41. The molecule has 1 aromatic carbocycles. The molecule has 1 aliphatic rings. The summed E-state index contributed by atoms with van der Waals surface area (Å²) >= 11 is 0. The predicted molar refractivity (Wildman–Crippen MR) is 80.2 cm³/mol. The smallest absolute Gasteiger partial charge is 0.258 e. The molecule has 1 fully saturated rings. The van der Waals surface area contributed by atoms with Gasteiger partial charge in [-0.2, -0.15) is 0 Å². The maximum absolute atomic E-state index is 12.6. The summed E-state index contributed by atoms with van der Waals surface area (Å²) in [7, 11) is 3.12. The molecular weight excluding hydrogens is 280 g/mol. The van der Waals surface area contributed by atoms with E-state index in [0.29, 0.717) is 23.6 Å². The number of carbonyl (C=O) groups excluding carboxylic acids is 1. The molecule has 0 unspecified atom stereocenters. The Morgan fingerprint density at radius 1 is 1.35 bits per heavy atom. The van der Waals surface area contributed by atoms with Crippen LogP contribution in [-0.2, 0) is 0 Å². The summed E-state index contributed by atoms with van der Waals surface area (Å²) in [6, 6.07) is 5.55. The quantitative estimate of drug-likeness (QED) is 0.920. The zero-order chi connectivity index (χ0) is 13.8. The first-order chi connectivity index (χ1) is 9.19. The van der Waals surface area contributed by atoms with Crippen molar-refractivity contribution in [2.75, 3.05) is 33.9 Å². The lowest BCUT2D eigenvalue weighted by Gasteiger charge is -2.34. The molecule has 1 heterocycles. The monoisotopic (exact) mass is 300 g/mol. The van der Waals surface area contributed by atoms with Gasteiger partial charge in [-0.15, -0.1) is 12.4 Å². The number of methoxy groups -OCH3 is 2. The molecule has 5 nitrogen and oxygen atoms in total. The van der Waals surface area contributed by atoms with Crippen molar-refractivity contribution in [1.82, 2.24) is 10.2 Å². The van der Waals surface area contributed by atoms with Crippen molar-refractivity contribution in [1.29, 1.82) is 0 Å². The topological polar surface area (TPSA) is 50.8 Å². The second-order valence-corrected chi connectivity index (χ2v) is 4.59. The summed E-state index contributed by atoms with van der Waals surface area (Å²) in [4.78, 5) is 14.5. The highest BCUT2D eigenvalue weighted by Crippen LogP contribution is 2.31. The van der Waals surface area contributed by atoms with Gasteiger partial charge in [0.25, 0.3) is 5.91 Å². The van der Waals surface area contributed by atoms with Gasteiger partial charge in [0.15, 0.2) is 11.5 Å². The summed E-state index contributed by atoms with van der Waals surface area (Å²) in [5, 5.41) is 3.27. The molecule has 1 aliphatic heterocycles. The summed E-state index contributed by atoms with van der Waals surface area (Å²) < 4.78 is 10.6. The normalized spacial score (nSPS) is 18.1. The van der Waals surface area contributed by atoms with Crippen LogP contribution >= 0.6 is 12.4 Å². The lowest BCUT2D eigenvalue weighted by atomic mass is 10.1. The minimum Gasteiger partial charge on any atom is -0.493 e. The molecule has 2 rings (SSSR count). The molecule has 6 heteroatoms.